The lowest BCUT2D eigenvalue weighted by Gasteiger charge is -2.20. The van der Waals surface area contributed by atoms with Crippen LogP contribution < -0.4 is 5.32 Å². The average molecular weight is 371 g/mol. The highest BCUT2D eigenvalue weighted by molar-refractivity contribution is 9.10. The molecule has 1 atom stereocenters. The summed E-state index contributed by atoms with van der Waals surface area (Å²) < 4.78 is 15.0. The van der Waals surface area contributed by atoms with Crippen LogP contribution in [0, 0.1) is 5.82 Å². The molecule has 0 fully saturated rings. The Morgan fingerprint density at radius 3 is 2.57 bits per heavy atom. The van der Waals surface area contributed by atoms with Crippen molar-refractivity contribution in [3.63, 3.8) is 0 Å². The van der Waals surface area contributed by atoms with E-state index >= 15 is 0 Å². The molecular weight excluding hydrogens is 353 g/mol. The highest BCUT2D eigenvalue weighted by atomic mass is 79.9. The standard InChI is InChI=1S/C17H18BrClFN/c1-2-9-21-17(12-3-5-14(18)6-4-12)11-13-10-15(19)7-8-16(13)20/h3-8,10,17,21H,2,9,11H2,1H3. The quantitative estimate of drug-likeness (QED) is 0.705. The molecule has 0 heterocycles. The zero-order valence-corrected chi connectivity index (χ0v) is 14.2. The second kappa shape index (κ2) is 7.92. The Hall–Kier alpha value is -0.900. The van der Waals surface area contributed by atoms with Gasteiger partial charge in [0.1, 0.15) is 5.82 Å². The molecule has 0 amide bonds. The van der Waals surface area contributed by atoms with Gasteiger partial charge in [0.25, 0.3) is 0 Å². The van der Waals surface area contributed by atoms with Crippen LogP contribution >= 0.6 is 27.5 Å². The number of hydrogen-bond acceptors (Lipinski definition) is 1. The summed E-state index contributed by atoms with van der Waals surface area (Å²) in [7, 11) is 0. The van der Waals surface area contributed by atoms with Crippen molar-refractivity contribution in [3.05, 3.63) is 68.9 Å². The van der Waals surface area contributed by atoms with Crippen molar-refractivity contribution in [2.75, 3.05) is 6.54 Å². The van der Waals surface area contributed by atoms with Gasteiger partial charge in [0, 0.05) is 15.5 Å². The van der Waals surface area contributed by atoms with Crippen molar-refractivity contribution in [1.29, 1.82) is 0 Å². The average Bonchev–Trinajstić information content (AvgIpc) is 2.48. The van der Waals surface area contributed by atoms with E-state index in [1.165, 1.54) is 6.07 Å². The highest BCUT2D eigenvalue weighted by Gasteiger charge is 2.14. The smallest absolute Gasteiger partial charge is 0.126 e. The second-order valence-electron chi connectivity index (χ2n) is 5.00. The minimum atomic E-state index is -0.209. The molecule has 21 heavy (non-hydrogen) atoms. The van der Waals surface area contributed by atoms with Crippen LogP contribution in [0.3, 0.4) is 0 Å². The van der Waals surface area contributed by atoms with E-state index in [4.69, 9.17) is 11.6 Å². The van der Waals surface area contributed by atoms with Gasteiger partial charge in [0.15, 0.2) is 0 Å². The summed E-state index contributed by atoms with van der Waals surface area (Å²) >= 11 is 9.42. The Kier molecular flexibility index (Phi) is 6.22. The number of nitrogens with one attached hydrogen (secondary N) is 1. The molecule has 112 valence electrons. The lowest BCUT2D eigenvalue weighted by Crippen LogP contribution is -2.24. The van der Waals surface area contributed by atoms with E-state index in [1.807, 2.05) is 12.1 Å². The van der Waals surface area contributed by atoms with Crippen LogP contribution in [0.2, 0.25) is 5.02 Å². The molecule has 0 spiro atoms. The van der Waals surface area contributed by atoms with Crippen molar-refractivity contribution < 1.29 is 4.39 Å². The lowest BCUT2D eigenvalue weighted by molar-refractivity contribution is 0.513. The molecule has 0 aliphatic carbocycles. The van der Waals surface area contributed by atoms with E-state index in [0.29, 0.717) is 17.0 Å². The van der Waals surface area contributed by atoms with Crippen LogP contribution in [-0.2, 0) is 6.42 Å². The molecule has 0 bridgehead atoms. The second-order valence-corrected chi connectivity index (χ2v) is 6.35. The van der Waals surface area contributed by atoms with Gasteiger partial charge in [-0.05, 0) is 60.8 Å². The van der Waals surface area contributed by atoms with Crippen LogP contribution in [0.25, 0.3) is 0 Å². The Morgan fingerprint density at radius 1 is 1.19 bits per heavy atom. The van der Waals surface area contributed by atoms with E-state index in [0.717, 1.165) is 23.0 Å². The molecule has 0 aromatic heterocycles. The van der Waals surface area contributed by atoms with Gasteiger partial charge in [-0.15, -0.1) is 0 Å². The molecule has 2 rings (SSSR count). The lowest BCUT2D eigenvalue weighted by atomic mass is 9.98. The molecule has 0 saturated carbocycles. The fraction of sp³-hybridized carbons (Fsp3) is 0.294. The maximum absolute atomic E-state index is 13.9. The van der Waals surface area contributed by atoms with Gasteiger partial charge in [-0.3, -0.25) is 0 Å². The van der Waals surface area contributed by atoms with E-state index in [-0.39, 0.29) is 11.9 Å². The fourth-order valence-electron chi connectivity index (χ4n) is 2.24. The molecule has 0 saturated heterocycles. The minimum absolute atomic E-state index is 0.0750. The summed E-state index contributed by atoms with van der Waals surface area (Å²) in [6.07, 6.45) is 1.61. The number of hydrogen-bond donors (Lipinski definition) is 1. The topological polar surface area (TPSA) is 12.0 Å². The Labute approximate surface area is 138 Å². The van der Waals surface area contributed by atoms with Gasteiger partial charge in [0.2, 0.25) is 0 Å². The monoisotopic (exact) mass is 369 g/mol. The number of halogens is 3. The highest BCUT2D eigenvalue weighted by Crippen LogP contribution is 2.24. The van der Waals surface area contributed by atoms with Crippen LogP contribution in [0.1, 0.15) is 30.5 Å². The molecule has 1 nitrogen and oxygen atoms in total. The Balaban J connectivity index is 2.23. The van der Waals surface area contributed by atoms with E-state index in [1.54, 1.807) is 12.1 Å². The van der Waals surface area contributed by atoms with E-state index in [9.17, 15) is 4.39 Å². The number of benzene rings is 2. The van der Waals surface area contributed by atoms with E-state index < -0.39 is 0 Å². The first kappa shape index (κ1) is 16.5. The van der Waals surface area contributed by atoms with Crippen LogP contribution in [0.4, 0.5) is 4.39 Å². The third kappa shape index (κ3) is 4.80. The van der Waals surface area contributed by atoms with Gasteiger partial charge in [-0.25, -0.2) is 4.39 Å². The molecule has 0 aliphatic heterocycles. The normalized spacial score (nSPS) is 12.4. The minimum Gasteiger partial charge on any atom is -0.310 e. The van der Waals surface area contributed by atoms with Crippen molar-refractivity contribution in [2.45, 2.75) is 25.8 Å². The summed E-state index contributed by atoms with van der Waals surface area (Å²) in [6.45, 7) is 3.01. The van der Waals surface area contributed by atoms with Crippen molar-refractivity contribution in [1.82, 2.24) is 5.32 Å². The zero-order chi connectivity index (χ0) is 15.2. The molecule has 1 unspecified atom stereocenters. The first-order valence-corrected chi connectivity index (χ1v) is 8.20. The Morgan fingerprint density at radius 2 is 1.90 bits per heavy atom. The molecule has 2 aromatic carbocycles. The predicted octanol–water partition coefficient (Wildman–Crippen LogP) is 5.53. The summed E-state index contributed by atoms with van der Waals surface area (Å²) in [6, 6.07) is 12.9. The number of rotatable bonds is 6. The predicted molar refractivity (Wildman–Crippen MR) is 90.3 cm³/mol. The summed E-state index contributed by atoms with van der Waals surface area (Å²) in [5, 5.41) is 4.04. The SMILES string of the molecule is CCCNC(Cc1cc(Cl)ccc1F)c1ccc(Br)cc1. The van der Waals surface area contributed by atoms with Gasteiger partial charge >= 0.3 is 0 Å². The van der Waals surface area contributed by atoms with Crippen molar-refractivity contribution in [2.24, 2.45) is 0 Å². The molecular formula is C17H18BrClFN. The maximum Gasteiger partial charge on any atom is 0.126 e. The third-order valence-electron chi connectivity index (χ3n) is 3.34. The van der Waals surface area contributed by atoms with Gasteiger partial charge in [-0.1, -0.05) is 46.6 Å². The first-order chi connectivity index (χ1) is 10.1. The third-order valence-corrected chi connectivity index (χ3v) is 4.11. The van der Waals surface area contributed by atoms with Crippen molar-refractivity contribution >= 4 is 27.5 Å². The van der Waals surface area contributed by atoms with Gasteiger partial charge < -0.3 is 5.32 Å². The van der Waals surface area contributed by atoms with E-state index in [2.05, 4.69) is 40.3 Å². The molecule has 2 aromatic rings. The molecule has 4 heteroatoms. The van der Waals surface area contributed by atoms with Crippen LogP contribution in [-0.4, -0.2) is 6.54 Å². The first-order valence-electron chi connectivity index (χ1n) is 7.03. The Bertz CT molecular complexity index is 586. The maximum atomic E-state index is 13.9. The summed E-state index contributed by atoms with van der Waals surface area (Å²) in [5.41, 5.74) is 1.78. The fourth-order valence-corrected chi connectivity index (χ4v) is 2.70. The summed E-state index contributed by atoms with van der Waals surface area (Å²) in [5.74, 6) is -0.209. The zero-order valence-electron chi connectivity index (χ0n) is 11.9. The molecule has 0 radical (unpaired) electrons. The van der Waals surface area contributed by atoms with Gasteiger partial charge in [-0.2, -0.15) is 0 Å². The molecule has 0 aliphatic rings. The largest absolute Gasteiger partial charge is 0.310 e. The van der Waals surface area contributed by atoms with Gasteiger partial charge in [0.05, 0.1) is 0 Å². The van der Waals surface area contributed by atoms with Crippen molar-refractivity contribution in [3.8, 4) is 0 Å². The summed E-state index contributed by atoms with van der Waals surface area (Å²) in [4.78, 5) is 0. The molecule has 1 N–H and O–H groups in total. The van der Waals surface area contributed by atoms with Crippen LogP contribution in [0.5, 0.6) is 0 Å². The van der Waals surface area contributed by atoms with Crippen LogP contribution in [0.15, 0.2) is 46.9 Å².